The Bertz CT molecular complexity index is 564. The molecule has 0 amide bonds. The first kappa shape index (κ1) is 13.1. The van der Waals surface area contributed by atoms with Gasteiger partial charge in [0.25, 0.3) is 0 Å². The van der Waals surface area contributed by atoms with Crippen LogP contribution < -0.4 is 9.47 Å². The van der Waals surface area contributed by atoms with Crippen molar-refractivity contribution < 1.29 is 14.3 Å². The summed E-state index contributed by atoms with van der Waals surface area (Å²) in [6.45, 7) is 0. The molecule has 0 aliphatic carbocycles. The predicted octanol–water partition coefficient (Wildman–Crippen LogP) is 3.76. The maximum Gasteiger partial charge on any atom is 0.206 e. The standard InChI is InChI=1S/C13H11BrO3S/c1-16-10-7-11(17-2)9(14)6-8(10)13(15)12-4-3-5-18-12/h3-7H,1-2H3. The highest BCUT2D eigenvalue weighted by molar-refractivity contribution is 9.10. The molecule has 94 valence electrons. The number of thiophene rings is 1. The summed E-state index contributed by atoms with van der Waals surface area (Å²) in [7, 11) is 3.11. The van der Waals surface area contributed by atoms with Crippen LogP contribution >= 0.6 is 27.3 Å². The minimum atomic E-state index is -0.0507. The second-order valence-corrected chi connectivity index (χ2v) is 5.30. The average Bonchev–Trinajstić information content (AvgIpc) is 2.91. The number of ketones is 1. The number of benzene rings is 1. The SMILES string of the molecule is COc1cc(OC)c(C(=O)c2cccs2)cc1Br. The van der Waals surface area contributed by atoms with Crippen LogP contribution in [0.15, 0.2) is 34.1 Å². The smallest absolute Gasteiger partial charge is 0.206 e. The summed E-state index contributed by atoms with van der Waals surface area (Å²) in [4.78, 5) is 13.0. The van der Waals surface area contributed by atoms with Crippen LogP contribution in [0.2, 0.25) is 0 Å². The van der Waals surface area contributed by atoms with Crippen molar-refractivity contribution in [3.63, 3.8) is 0 Å². The summed E-state index contributed by atoms with van der Waals surface area (Å²) in [5.41, 5.74) is 0.521. The van der Waals surface area contributed by atoms with Crippen molar-refractivity contribution >= 4 is 33.0 Å². The zero-order chi connectivity index (χ0) is 13.1. The highest BCUT2D eigenvalue weighted by Gasteiger charge is 2.18. The highest BCUT2D eigenvalue weighted by Crippen LogP contribution is 2.34. The fourth-order valence-electron chi connectivity index (χ4n) is 1.58. The second kappa shape index (κ2) is 5.54. The Morgan fingerprint density at radius 1 is 1.22 bits per heavy atom. The monoisotopic (exact) mass is 326 g/mol. The van der Waals surface area contributed by atoms with Gasteiger partial charge in [-0.25, -0.2) is 0 Å². The van der Waals surface area contributed by atoms with Gasteiger partial charge in [-0.2, -0.15) is 0 Å². The molecular weight excluding hydrogens is 316 g/mol. The predicted molar refractivity (Wildman–Crippen MR) is 75.0 cm³/mol. The van der Waals surface area contributed by atoms with Gasteiger partial charge in [-0.1, -0.05) is 6.07 Å². The van der Waals surface area contributed by atoms with E-state index in [1.807, 2.05) is 11.4 Å². The Kier molecular flexibility index (Phi) is 4.04. The fourth-order valence-corrected chi connectivity index (χ4v) is 2.76. The Balaban J connectivity index is 2.50. The maximum absolute atomic E-state index is 12.3. The van der Waals surface area contributed by atoms with Crippen LogP contribution in [0.25, 0.3) is 0 Å². The van der Waals surface area contributed by atoms with Crippen molar-refractivity contribution in [2.24, 2.45) is 0 Å². The van der Waals surface area contributed by atoms with Gasteiger partial charge in [-0.15, -0.1) is 11.3 Å². The van der Waals surface area contributed by atoms with Gasteiger partial charge in [-0.05, 0) is 33.4 Å². The van der Waals surface area contributed by atoms with Gasteiger partial charge in [0.05, 0.1) is 29.1 Å². The number of methoxy groups -OCH3 is 2. The molecule has 0 aliphatic rings. The van der Waals surface area contributed by atoms with Crippen molar-refractivity contribution in [1.82, 2.24) is 0 Å². The van der Waals surface area contributed by atoms with Crippen molar-refractivity contribution in [3.05, 3.63) is 44.6 Å². The zero-order valence-corrected chi connectivity index (χ0v) is 12.3. The third-order valence-corrected chi connectivity index (χ3v) is 3.95. The number of hydrogen-bond donors (Lipinski definition) is 0. The molecule has 1 aromatic carbocycles. The topological polar surface area (TPSA) is 35.5 Å². The van der Waals surface area contributed by atoms with Gasteiger partial charge in [0, 0.05) is 6.07 Å². The van der Waals surface area contributed by atoms with Crippen molar-refractivity contribution in [3.8, 4) is 11.5 Å². The lowest BCUT2D eigenvalue weighted by Crippen LogP contribution is -2.03. The molecule has 0 spiro atoms. The molecule has 0 bridgehead atoms. The Hall–Kier alpha value is -1.33. The summed E-state index contributed by atoms with van der Waals surface area (Å²) < 4.78 is 11.1. The normalized spacial score (nSPS) is 10.2. The first-order chi connectivity index (χ1) is 8.67. The molecule has 0 atom stereocenters. The highest BCUT2D eigenvalue weighted by atomic mass is 79.9. The van der Waals surface area contributed by atoms with Gasteiger partial charge in [0.1, 0.15) is 11.5 Å². The second-order valence-electron chi connectivity index (χ2n) is 3.49. The summed E-state index contributed by atoms with van der Waals surface area (Å²) in [5, 5.41) is 1.87. The average molecular weight is 327 g/mol. The van der Waals surface area contributed by atoms with Crippen LogP contribution in [0, 0.1) is 0 Å². The van der Waals surface area contributed by atoms with Crippen molar-refractivity contribution in [2.75, 3.05) is 14.2 Å². The van der Waals surface area contributed by atoms with Gasteiger partial charge < -0.3 is 9.47 Å². The molecule has 3 nitrogen and oxygen atoms in total. The van der Waals surface area contributed by atoms with E-state index in [1.54, 1.807) is 25.3 Å². The van der Waals surface area contributed by atoms with Crippen LogP contribution in [-0.4, -0.2) is 20.0 Å². The number of carbonyl (C=O) groups is 1. The molecule has 0 aliphatic heterocycles. The van der Waals surface area contributed by atoms with E-state index in [1.165, 1.54) is 18.4 Å². The zero-order valence-electron chi connectivity index (χ0n) is 9.90. The van der Waals surface area contributed by atoms with E-state index in [0.717, 1.165) is 4.47 Å². The van der Waals surface area contributed by atoms with Crippen molar-refractivity contribution in [2.45, 2.75) is 0 Å². The van der Waals surface area contributed by atoms with Crippen LogP contribution in [-0.2, 0) is 0 Å². The van der Waals surface area contributed by atoms with Crippen LogP contribution in [0.1, 0.15) is 15.2 Å². The molecule has 0 saturated carbocycles. The Labute approximate surface area is 117 Å². The lowest BCUT2D eigenvalue weighted by atomic mass is 10.1. The Morgan fingerprint density at radius 2 is 1.94 bits per heavy atom. The molecule has 18 heavy (non-hydrogen) atoms. The quantitative estimate of drug-likeness (QED) is 0.802. The summed E-state index contributed by atoms with van der Waals surface area (Å²) in [6, 6.07) is 7.07. The third kappa shape index (κ3) is 2.42. The molecule has 0 unspecified atom stereocenters. The summed E-state index contributed by atoms with van der Waals surface area (Å²) in [5.74, 6) is 1.09. The molecule has 2 aromatic rings. The first-order valence-electron chi connectivity index (χ1n) is 5.17. The van der Waals surface area contributed by atoms with Gasteiger partial charge in [-0.3, -0.25) is 4.79 Å². The van der Waals surface area contributed by atoms with Crippen LogP contribution in [0.4, 0.5) is 0 Å². The lowest BCUT2D eigenvalue weighted by molar-refractivity contribution is 0.103. The van der Waals surface area contributed by atoms with E-state index < -0.39 is 0 Å². The van der Waals surface area contributed by atoms with E-state index in [9.17, 15) is 4.79 Å². The minimum absolute atomic E-state index is 0.0507. The summed E-state index contributed by atoms with van der Waals surface area (Å²) in [6.07, 6.45) is 0. The molecule has 2 rings (SSSR count). The molecule has 1 heterocycles. The fraction of sp³-hybridized carbons (Fsp3) is 0.154. The molecule has 0 N–H and O–H groups in total. The molecule has 5 heteroatoms. The van der Waals surface area contributed by atoms with Crippen LogP contribution in [0.5, 0.6) is 11.5 Å². The van der Waals surface area contributed by atoms with E-state index in [2.05, 4.69) is 15.9 Å². The molecule has 0 saturated heterocycles. The first-order valence-corrected chi connectivity index (χ1v) is 6.84. The molecule has 1 aromatic heterocycles. The minimum Gasteiger partial charge on any atom is -0.496 e. The van der Waals surface area contributed by atoms with Crippen LogP contribution in [0.3, 0.4) is 0 Å². The Morgan fingerprint density at radius 3 is 2.50 bits per heavy atom. The number of ether oxygens (including phenoxy) is 2. The number of hydrogen-bond acceptors (Lipinski definition) is 4. The maximum atomic E-state index is 12.3. The lowest BCUT2D eigenvalue weighted by Gasteiger charge is -2.10. The number of carbonyl (C=O) groups excluding carboxylic acids is 1. The largest absolute Gasteiger partial charge is 0.496 e. The van der Waals surface area contributed by atoms with E-state index in [-0.39, 0.29) is 5.78 Å². The van der Waals surface area contributed by atoms with Crippen molar-refractivity contribution in [1.29, 1.82) is 0 Å². The van der Waals surface area contributed by atoms with Gasteiger partial charge >= 0.3 is 0 Å². The summed E-state index contributed by atoms with van der Waals surface area (Å²) >= 11 is 4.78. The van der Waals surface area contributed by atoms with E-state index >= 15 is 0 Å². The third-order valence-electron chi connectivity index (χ3n) is 2.46. The number of rotatable bonds is 4. The van der Waals surface area contributed by atoms with Gasteiger partial charge in [0.2, 0.25) is 5.78 Å². The number of halogens is 1. The van der Waals surface area contributed by atoms with E-state index in [4.69, 9.17) is 9.47 Å². The van der Waals surface area contributed by atoms with Gasteiger partial charge in [0.15, 0.2) is 0 Å². The molecule has 0 radical (unpaired) electrons. The molecule has 0 fully saturated rings. The van der Waals surface area contributed by atoms with E-state index in [0.29, 0.717) is 21.9 Å². The molecular formula is C13H11BrO3S.